The summed E-state index contributed by atoms with van der Waals surface area (Å²) in [6, 6.07) is 11.2. The molecule has 1 saturated heterocycles. The molecule has 0 amide bonds. The van der Waals surface area contributed by atoms with E-state index in [1.165, 1.54) is 37.9 Å². The number of piperidine rings is 1. The van der Waals surface area contributed by atoms with Gasteiger partial charge in [-0.1, -0.05) is 43.7 Å². The van der Waals surface area contributed by atoms with Crippen LogP contribution in [0.5, 0.6) is 0 Å². The quantitative estimate of drug-likeness (QED) is 0.835. The number of nitrogens with one attached hydrogen (secondary N) is 1. The lowest BCUT2D eigenvalue weighted by Crippen LogP contribution is -2.43. The van der Waals surface area contributed by atoms with Gasteiger partial charge in [0.25, 0.3) is 0 Å². The molecule has 1 aromatic carbocycles. The van der Waals surface area contributed by atoms with Crippen LogP contribution in [0.1, 0.15) is 44.2 Å². The van der Waals surface area contributed by atoms with E-state index in [2.05, 4.69) is 47.7 Å². The van der Waals surface area contributed by atoms with E-state index in [9.17, 15) is 0 Å². The van der Waals surface area contributed by atoms with Gasteiger partial charge in [-0.15, -0.1) is 0 Å². The highest BCUT2D eigenvalue weighted by atomic mass is 15.5. The van der Waals surface area contributed by atoms with E-state index in [1.807, 2.05) is 0 Å². The second-order valence-electron chi connectivity index (χ2n) is 4.55. The minimum absolute atomic E-state index is 0.472. The van der Waals surface area contributed by atoms with Crippen molar-refractivity contribution < 1.29 is 0 Å². The minimum Gasteiger partial charge on any atom is -0.248 e. The summed E-state index contributed by atoms with van der Waals surface area (Å²) in [5.74, 6) is 0. The van der Waals surface area contributed by atoms with Gasteiger partial charge in [0.15, 0.2) is 0 Å². The second-order valence-corrected chi connectivity index (χ2v) is 4.55. The van der Waals surface area contributed by atoms with Crippen LogP contribution in [-0.2, 0) is 0 Å². The predicted molar refractivity (Wildman–Crippen MR) is 68.0 cm³/mol. The van der Waals surface area contributed by atoms with Crippen molar-refractivity contribution in [1.82, 2.24) is 10.4 Å². The van der Waals surface area contributed by atoms with Crippen LogP contribution in [0, 0.1) is 0 Å². The van der Waals surface area contributed by atoms with Crippen LogP contribution in [0.4, 0.5) is 0 Å². The summed E-state index contributed by atoms with van der Waals surface area (Å²) in [5, 5.41) is 2.39. The maximum Gasteiger partial charge on any atom is 0.0462 e. The number of benzene rings is 1. The molecule has 1 aliphatic rings. The van der Waals surface area contributed by atoms with Crippen LogP contribution in [0.25, 0.3) is 0 Å². The van der Waals surface area contributed by atoms with Crippen LogP contribution < -0.4 is 5.43 Å². The molecule has 1 fully saturated rings. The first-order valence-electron chi connectivity index (χ1n) is 6.46. The Labute approximate surface area is 98.6 Å². The smallest absolute Gasteiger partial charge is 0.0462 e. The van der Waals surface area contributed by atoms with Crippen molar-refractivity contribution in [2.75, 3.05) is 13.1 Å². The van der Waals surface area contributed by atoms with Crippen LogP contribution in [0.15, 0.2) is 30.3 Å². The Morgan fingerprint density at radius 3 is 2.44 bits per heavy atom. The maximum absolute atomic E-state index is 3.66. The van der Waals surface area contributed by atoms with E-state index in [-0.39, 0.29) is 0 Å². The summed E-state index contributed by atoms with van der Waals surface area (Å²) in [4.78, 5) is 0. The Morgan fingerprint density at radius 1 is 1.12 bits per heavy atom. The average Bonchev–Trinajstić information content (AvgIpc) is 2.38. The summed E-state index contributed by atoms with van der Waals surface area (Å²) >= 11 is 0. The van der Waals surface area contributed by atoms with Gasteiger partial charge in [-0.2, -0.15) is 0 Å². The molecule has 2 rings (SSSR count). The monoisotopic (exact) mass is 218 g/mol. The van der Waals surface area contributed by atoms with Crippen molar-refractivity contribution >= 4 is 0 Å². The SMILES string of the molecule is CCC(NN1CCCCC1)c1ccccc1. The highest BCUT2D eigenvalue weighted by molar-refractivity contribution is 5.18. The second kappa shape index (κ2) is 6.02. The Bertz CT molecular complexity index is 291. The first-order chi connectivity index (χ1) is 7.90. The molecule has 0 saturated carbocycles. The average molecular weight is 218 g/mol. The molecule has 1 unspecified atom stereocenters. The fourth-order valence-electron chi connectivity index (χ4n) is 2.33. The largest absolute Gasteiger partial charge is 0.248 e. The highest BCUT2D eigenvalue weighted by Gasteiger charge is 2.15. The first-order valence-corrected chi connectivity index (χ1v) is 6.46. The molecule has 16 heavy (non-hydrogen) atoms. The molecule has 1 heterocycles. The van der Waals surface area contributed by atoms with Crippen molar-refractivity contribution in [3.8, 4) is 0 Å². The Hall–Kier alpha value is -0.860. The van der Waals surface area contributed by atoms with Gasteiger partial charge < -0.3 is 0 Å². The number of rotatable bonds is 4. The zero-order valence-electron chi connectivity index (χ0n) is 10.2. The van der Waals surface area contributed by atoms with E-state index in [1.54, 1.807) is 0 Å². The lowest BCUT2D eigenvalue weighted by Gasteiger charge is -2.31. The number of hydrogen-bond acceptors (Lipinski definition) is 2. The molecule has 0 aromatic heterocycles. The number of hydrogen-bond donors (Lipinski definition) is 1. The molecular weight excluding hydrogens is 196 g/mol. The Morgan fingerprint density at radius 2 is 1.81 bits per heavy atom. The van der Waals surface area contributed by atoms with Gasteiger partial charge in [0, 0.05) is 19.1 Å². The van der Waals surface area contributed by atoms with Crippen LogP contribution >= 0.6 is 0 Å². The normalized spacial score (nSPS) is 19.6. The number of nitrogens with zero attached hydrogens (tertiary/aromatic N) is 1. The maximum atomic E-state index is 3.66. The van der Waals surface area contributed by atoms with E-state index in [0.29, 0.717) is 6.04 Å². The molecule has 2 heteroatoms. The topological polar surface area (TPSA) is 15.3 Å². The summed E-state index contributed by atoms with van der Waals surface area (Å²) in [6.45, 7) is 4.64. The molecule has 1 atom stereocenters. The molecule has 1 aliphatic heterocycles. The van der Waals surface area contributed by atoms with Crippen molar-refractivity contribution in [3.63, 3.8) is 0 Å². The third kappa shape index (κ3) is 3.06. The van der Waals surface area contributed by atoms with Gasteiger partial charge in [-0.3, -0.25) is 0 Å². The fourth-order valence-corrected chi connectivity index (χ4v) is 2.33. The van der Waals surface area contributed by atoms with E-state index in [4.69, 9.17) is 0 Å². The van der Waals surface area contributed by atoms with Crippen LogP contribution in [-0.4, -0.2) is 18.1 Å². The summed E-state index contributed by atoms with van der Waals surface area (Å²) in [7, 11) is 0. The molecule has 0 radical (unpaired) electrons. The van der Waals surface area contributed by atoms with Gasteiger partial charge in [0.2, 0.25) is 0 Å². The summed E-state index contributed by atoms with van der Waals surface area (Å²) in [6.07, 6.45) is 5.19. The van der Waals surface area contributed by atoms with Crippen molar-refractivity contribution in [3.05, 3.63) is 35.9 Å². The molecule has 1 N–H and O–H groups in total. The van der Waals surface area contributed by atoms with Gasteiger partial charge in [0.05, 0.1) is 0 Å². The van der Waals surface area contributed by atoms with E-state index in [0.717, 1.165) is 6.42 Å². The first kappa shape index (κ1) is 11.6. The summed E-state index contributed by atoms with van der Waals surface area (Å²) in [5.41, 5.74) is 5.05. The fraction of sp³-hybridized carbons (Fsp3) is 0.571. The lowest BCUT2D eigenvalue weighted by atomic mass is 10.1. The van der Waals surface area contributed by atoms with E-state index >= 15 is 0 Å². The third-order valence-electron chi connectivity index (χ3n) is 3.30. The molecule has 0 spiro atoms. The van der Waals surface area contributed by atoms with Crippen molar-refractivity contribution in [2.45, 2.75) is 38.6 Å². The van der Waals surface area contributed by atoms with Crippen LogP contribution in [0.3, 0.4) is 0 Å². The molecule has 88 valence electrons. The Balaban J connectivity index is 1.94. The predicted octanol–water partition coefficient (Wildman–Crippen LogP) is 3.13. The zero-order chi connectivity index (χ0) is 11.2. The van der Waals surface area contributed by atoms with Crippen molar-refractivity contribution in [1.29, 1.82) is 0 Å². The highest BCUT2D eigenvalue weighted by Crippen LogP contribution is 2.18. The van der Waals surface area contributed by atoms with Gasteiger partial charge >= 0.3 is 0 Å². The third-order valence-corrected chi connectivity index (χ3v) is 3.30. The Kier molecular flexibility index (Phi) is 4.37. The van der Waals surface area contributed by atoms with E-state index < -0.39 is 0 Å². The molecule has 0 bridgehead atoms. The van der Waals surface area contributed by atoms with Gasteiger partial charge in [-0.25, -0.2) is 10.4 Å². The lowest BCUT2D eigenvalue weighted by molar-refractivity contribution is 0.126. The van der Waals surface area contributed by atoms with Gasteiger partial charge in [-0.05, 0) is 24.8 Å². The van der Waals surface area contributed by atoms with Gasteiger partial charge in [0.1, 0.15) is 0 Å². The molecule has 2 nitrogen and oxygen atoms in total. The minimum atomic E-state index is 0.472. The van der Waals surface area contributed by atoms with Crippen LogP contribution in [0.2, 0.25) is 0 Å². The zero-order valence-corrected chi connectivity index (χ0v) is 10.2. The summed E-state index contributed by atoms with van der Waals surface area (Å²) < 4.78 is 0. The standard InChI is InChI=1S/C14H22N2/c1-2-14(13-9-5-3-6-10-13)15-16-11-7-4-8-12-16/h3,5-6,9-10,14-15H,2,4,7-8,11-12H2,1H3. The molecule has 1 aromatic rings. The molecular formula is C14H22N2. The number of hydrazine groups is 1. The molecule has 0 aliphatic carbocycles. The van der Waals surface area contributed by atoms with Crippen molar-refractivity contribution in [2.24, 2.45) is 0 Å².